The van der Waals surface area contributed by atoms with E-state index in [1.54, 1.807) is 0 Å². The largest absolute Gasteiger partial charge is 0.370 e. The van der Waals surface area contributed by atoms with Crippen LogP contribution in [-0.2, 0) is 13.1 Å². The van der Waals surface area contributed by atoms with E-state index in [9.17, 15) is 0 Å². The summed E-state index contributed by atoms with van der Waals surface area (Å²) in [7, 11) is 2.10. The molecule has 0 radical (unpaired) electrons. The lowest BCUT2D eigenvalue weighted by Gasteiger charge is -2.19. The van der Waals surface area contributed by atoms with Crippen molar-refractivity contribution in [2.45, 2.75) is 13.1 Å². The molecule has 3 heteroatoms. The number of anilines is 1. The van der Waals surface area contributed by atoms with Crippen LogP contribution in [0.5, 0.6) is 0 Å². The first-order valence-electron chi connectivity index (χ1n) is 5.93. The molecule has 0 aliphatic heterocycles. The third kappa shape index (κ3) is 3.34. The second kappa shape index (κ2) is 6.03. The fourth-order valence-electron chi connectivity index (χ4n) is 1.86. The normalized spacial score (nSPS) is 10.4. The van der Waals surface area contributed by atoms with Gasteiger partial charge in [0.1, 0.15) is 0 Å². The van der Waals surface area contributed by atoms with Crippen LogP contribution < -0.4 is 10.6 Å². The van der Waals surface area contributed by atoms with Gasteiger partial charge in [-0.25, -0.2) is 0 Å². The minimum Gasteiger partial charge on any atom is -0.370 e. The molecule has 0 aromatic heterocycles. The molecule has 2 aromatic carbocycles. The maximum absolute atomic E-state index is 5.59. The van der Waals surface area contributed by atoms with Crippen molar-refractivity contribution in [3.63, 3.8) is 0 Å². The summed E-state index contributed by atoms with van der Waals surface area (Å²) in [5.41, 5.74) is 9.25. The Balaban J connectivity index is 2.08. The lowest BCUT2D eigenvalue weighted by molar-refractivity contribution is 0.920. The van der Waals surface area contributed by atoms with E-state index in [0.717, 1.165) is 11.0 Å². The highest BCUT2D eigenvalue weighted by Crippen LogP contribution is 2.20. The Morgan fingerprint density at radius 3 is 2.33 bits per heavy atom. The second-order valence-electron chi connectivity index (χ2n) is 4.36. The Morgan fingerprint density at radius 2 is 1.72 bits per heavy atom. The monoisotopic (exact) mass is 304 g/mol. The van der Waals surface area contributed by atoms with Crippen LogP contribution in [-0.4, -0.2) is 7.05 Å². The first-order valence-corrected chi connectivity index (χ1v) is 6.73. The van der Waals surface area contributed by atoms with Crippen LogP contribution >= 0.6 is 15.9 Å². The van der Waals surface area contributed by atoms with Gasteiger partial charge in [0.05, 0.1) is 0 Å². The minimum absolute atomic E-state index is 0.599. The average molecular weight is 305 g/mol. The van der Waals surface area contributed by atoms with E-state index in [1.807, 2.05) is 12.1 Å². The van der Waals surface area contributed by atoms with Gasteiger partial charge in [-0.2, -0.15) is 0 Å². The lowest BCUT2D eigenvalue weighted by Crippen LogP contribution is -2.16. The quantitative estimate of drug-likeness (QED) is 0.936. The van der Waals surface area contributed by atoms with Gasteiger partial charge < -0.3 is 10.6 Å². The Labute approximate surface area is 117 Å². The van der Waals surface area contributed by atoms with Gasteiger partial charge in [0, 0.05) is 30.3 Å². The smallest absolute Gasteiger partial charge is 0.0426 e. The highest BCUT2D eigenvalue weighted by atomic mass is 79.9. The predicted molar refractivity (Wildman–Crippen MR) is 80.6 cm³/mol. The van der Waals surface area contributed by atoms with Gasteiger partial charge in [-0.1, -0.05) is 46.3 Å². The Morgan fingerprint density at radius 1 is 1.06 bits per heavy atom. The van der Waals surface area contributed by atoms with Crippen molar-refractivity contribution in [1.82, 2.24) is 0 Å². The van der Waals surface area contributed by atoms with Crippen LogP contribution in [0.3, 0.4) is 0 Å². The van der Waals surface area contributed by atoms with Gasteiger partial charge in [0.2, 0.25) is 0 Å². The number of benzene rings is 2. The summed E-state index contributed by atoms with van der Waals surface area (Å²) in [5, 5.41) is 0. The molecule has 0 atom stereocenters. The summed E-state index contributed by atoms with van der Waals surface area (Å²) in [6.07, 6.45) is 0. The van der Waals surface area contributed by atoms with Crippen LogP contribution in [0, 0.1) is 0 Å². The van der Waals surface area contributed by atoms with Gasteiger partial charge in [-0.05, 0) is 29.3 Å². The maximum atomic E-state index is 5.59. The number of rotatable bonds is 4. The van der Waals surface area contributed by atoms with E-state index >= 15 is 0 Å². The SMILES string of the molecule is CN(Cc1ccc(CN)cc1)c1cccc(Br)c1. The number of hydrogen-bond acceptors (Lipinski definition) is 2. The summed E-state index contributed by atoms with van der Waals surface area (Å²) in [4.78, 5) is 2.22. The summed E-state index contributed by atoms with van der Waals surface area (Å²) >= 11 is 3.49. The average Bonchev–Trinajstić information content (AvgIpc) is 2.39. The Kier molecular flexibility index (Phi) is 4.39. The molecule has 0 heterocycles. The van der Waals surface area contributed by atoms with Gasteiger partial charge in [-0.15, -0.1) is 0 Å². The molecule has 2 nitrogen and oxygen atoms in total. The van der Waals surface area contributed by atoms with Crippen LogP contribution in [0.15, 0.2) is 53.0 Å². The zero-order valence-corrected chi connectivity index (χ0v) is 12.0. The molecule has 0 aliphatic rings. The van der Waals surface area contributed by atoms with E-state index in [1.165, 1.54) is 16.8 Å². The molecular weight excluding hydrogens is 288 g/mol. The van der Waals surface area contributed by atoms with E-state index in [0.29, 0.717) is 6.54 Å². The topological polar surface area (TPSA) is 29.3 Å². The Bertz CT molecular complexity index is 508. The second-order valence-corrected chi connectivity index (χ2v) is 5.27. The molecule has 94 valence electrons. The molecular formula is C15H17BrN2. The highest BCUT2D eigenvalue weighted by molar-refractivity contribution is 9.10. The van der Waals surface area contributed by atoms with Gasteiger partial charge >= 0.3 is 0 Å². The van der Waals surface area contributed by atoms with Gasteiger partial charge in [-0.3, -0.25) is 0 Å². The minimum atomic E-state index is 0.599. The third-order valence-corrected chi connectivity index (χ3v) is 3.42. The zero-order chi connectivity index (χ0) is 13.0. The highest BCUT2D eigenvalue weighted by Gasteiger charge is 2.02. The fourth-order valence-corrected chi connectivity index (χ4v) is 2.25. The van der Waals surface area contributed by atoms with E-state index in [2.05, 4.69) is 64.3 Å². The molecule has 0 fully saturated rings. The molecule has 0 aliphatic carbocycles. The van der Waals surface area contributed by atoms with Crippen LogP contribution in [0.2, 0.25) is 0 Å². The van der Waals surface area contributed by atoms with Crippen molar-refractivity contribution < 1.29 is 0 Å². The molecule has 0 saturated carbocycles. The summed E-state index contributed by atoms with van der Waals surface area (Å²) in [6, 6.07) is 16.8. The summed E-state index contributed by atoms with van der Waals surface area (Å²) < 4.78 is 1.10. The molecule has 0 saturated heterocycles. The van der Waals surface area contributed by atoms with Gasteiger partial charge in [0.25, 0.3) is 0 Å². The third-order valence-electron chi connectivity index (χ3n) is 2.93. The van der Waals surface area contributed by atoms with Crippen LogP contribution in [0.1, 0.15) is 11.1 Å². The van der Waals surface area contributed by atoms with Gasteiger partial charge in [0.15, 0.2) is 0 Å². The first kappa shape index (κ1) is 13.1. The first-order chi connectivity index (χ1) is 8.69. The molecule has 0 unspecified atom stereocenters. The number of halogens is 1. The summed E-state index contributed by atoms with van der Waals surface area (Å²) in [5.74, 6) is 0. The molecule has 2 rings (SSSR count). The fraction of sp³-hybridized carbons (Fsp3) is 0.200. The van der Waals surface area contributed by atoms with Crippen molar-refractivity contribution in [2.24, 2.45) is 5.73 Å². The standard InChI is InChI=1S/C15H17BrN2/c1-18(15-4-2-3-14(16)9-15)11-13-7-5-12(10-17)6-8-13/h2-9H,10-11,17H2,1H3. The Hall–Kier alpha value is -1.32. The molecule has 2 N–H and O–H groups in total. The van der Waals surface area contributed by atoms with Crippen molar-refractivity contribution in [1.29, 1.82) is 0 Å². The zero-order valence-electron chi connectivity index (χ0n) is 10.4. The number of nitrogens with two attached hydrogens (primary N) is 1. The van der Waals surface area contributed by atoms with E-state index in [4.69, 9.17) is 5.73 Å². The van der Waals surface area contributed by atoms with Crippen LogP contribution in [0.4, 0.5) is 5.69 Å². The molecule has 0 amide bonds. The van der Waals surface area contributed by atoms with Crippen molar-refractivity contribution in [3.05, 3.63) is 64.1 Å². The summed E-state index contributed by atoms with van der Waals surface area (Å²) in [6.45, 7) is 1.49. The van der Waals surface area contributed by atoms with Crippen molar-refractivity contribution in [3.8, 4) is 0 Å². The number of hydrogen-bond donors (Lipinski definition) is 1. The van der Waals surface area contributed by atoms with Crippen LogP contribution in [0.25, 0.3) is 0 Å². The maximum Gasteiger partial charge on any atom is 0.0426 e. The van der Waals surface area contributed by atoms with E-state index in [-0.39, 0.29) is 0 Å². The van der Waals surface area contributed by atoms with Crippen molar-refractivity contribution >= 4 is 21.6 Å². The van der Waals surface area contributed by atoms with E-state index < -0.39 is 0 Å². The lowest BCUT2D eigenvalue weighted by atomic mass is 10.1. The molecule has 18 heavy (non-hydrogen) atoms. The predicted octanol–water partition coefficient (Wildman–Crippen LogP) is 3.54. The number of nitrogens with zero attached hydrogens (tertiary/aromatic N) is 1. The molecule has 2 aromatic rings. The molecule has 0 spiro atoms. The van der Waals surface area contributed by atoms with Crippen molar-refractivity contribution in [2.75, 3.05) is 11.9 Å². The molecule has 0 bridgehead atoms.